The molecule has 0 aromatic heterocycles. The average molecular weight is 416 g/mol. The van der Waals surface area contributed by atoms with Crippen molar-refractivity contribution < 1.29 is 18.8 Å². The molecule has 0 spiro atoms. The summed E-state index contributed by atoms with van der Waals surface area (Å²) in [7, 11) is 0. The number of rotatable bonds is 4. The van der Waals surface area contributed by atoms with Crippen molar-refractivity contribution in [2.75, 3.05) is 5.06 Å². The molecule has 0 radical (unpaired) electrons. The van der Waals surface area contributed by atoms with E-state index in [-0.39, 0.29) is 24.2 Å². The van der Waals surface area contributed by atoms with E-state index in [1.54, 1.807) is 17.2 Å². The normalized spacial score (nSPS) is 22.8. The van der Waals surface area contributed by atoms with E-state index < -0.39 is 18.1 Å². The number of para-hydroxylation sites is 1. The zero-order valence-corrected chi connectivity index (χ0v) is 16.9. The number of aryl methyl sites for hydroxylation is 1. The quantitative estimate of drug-likeness (QED) is 0.599. The van der Waals surface area contributed by atoms with Crippen LogP contribution >= 0.6 is 0 Å². The fourth-order valence-corrected chi connectivity index (χ4v) is 4.41. The number of carbonyl (C=O) groups is 2. The summed E-state index contributed by atoms with van der Waals surface area (Å²) < 4.78 is 13.6. The van der Waals surface area contributed by atoms with Crippen molar-refractivity contribution in [1.82, 2.24) is 4.90 Å². The maximum absolute atomic E-state index is 13.6. The van der Waals surface area contributed by atoms with Gasteiger partial charge >= 0.3 is 0 Å². The number of imide groups is 1. The van der Waals surface area contributed by atoms with Crippen LogP contribution in [0.4, 0.5) is 10.1 Å². The van der Waals surface area contributed by atoms with Crippen molar-refractivity contribution in [2.45, 2.75) is 25.6 Å². The Morgan fingerprint density at radius 1 is 0.871 bits per heavy atom. The first kappa shape index (κ1) is 19.5. The van der Waals surface area contributed by atoms with Crippen LogP contribution in [0, 0.1) is 18.7 Å². The van der Waals surface area contributed by atoms with Gasteiger partial charge in [0, 0.05) is 0 Å². The average Bonchev–Trinajstić information content (AvgIpc) is 3.27. The van der Waals surface area contributed by atoms with Crippen LogP contribution in [0.25, 0.3) is 0 Å². The number of hydroxylamine groups is 1. The van der Waals surface area contributed by atoms with Crippen LogP contribution in [0.3, 0.4) is 0 Å². The lowest BCUT2D eigenvalue weighted by Crippen LogP contribution is -2.37. The van der Waals surface area contributed by atoms with Crippen LogP contribution in [0.5, 0.6) is 0 Å². The van der Waals surface area contributed by atoms with Crippen molar-refractivity contribution in [3.63, 3.8) is 0 Å². The first-order valence-corrected chi connectivity index (χ1v) is 10.2. The molecule has 156 valence electrons. The number of fused-ring (bicyclic) bond motifs is 1. The Labute approximate surface area is 179 Å². The predicted octanol–water partition coefficient (Wildman–Crippen LogP) is 4.18. The third kappa shape index (κ3) is 3.29. The Balaban J connectivity index is 1.54. The van der Waals surface area contributed by atoms with Gasteiger partial charge in [-0.05, 0) is 41.8 Å². The molecule has 31 heavy (non-hydrogen) atoms. The molecule has 2 fully saturated rings. The Hall–Kier alpha value is -3.51. The van der Waals surface area contributed by atoms with E-state index in [4.69, 9.17) is 4.84 Å². The van der Waals surface area contributed by atoms with Crippen LogP contribution in [0.2, 0.25) is 0 Å². The number of likely N-dealkylation sites (tertiary alicyclic amines) is 1. The number of benzene rings is 3. The van der Waals surface area contributed by atoms with Gasteiger partial charge in [-0.2, -0.15) is 0 Å². The first-order valence-electron chi connectivity index (χ1n) is 10.2. The Morgan fingerprint density at radius 2 is 1.55 bits per heavy atom. The summed E-state index contributed by atoms with van der Waals surface area (Å²) in [5.41, 5.74) is 3.33. The lowest BCUT2D eigenvalue weighted by Gasteiger charge is -2.29. The van der Waals surface area contributed by atoms with Crippen molar-refractivity contribution in [3.05, 3.63) is 101 Å². The van der Waals surface area contributed by atoms with E-state index in [0.29, 0.717) is 0 Å². The van der Waals surface area contributed by atoms with Gasteiger partial charge in [0.1, 0.15) is 11.7 Å². The zero-order valence-electron chi connectivity index (χ0n) is 16.9. The number of anilines is 1. The van der Waals surface area contributed by atoms with Crippen LogP contribution in [-0.4, -0.2) is 22.8 Å². The second-order valence-corrected chi connectivity index (χ2v) is 7.91. The monoisotopic (exact) mass is 416 g/mol. The second kappa shape index (κ2) is 7.63. The summed E-state index contributed by atoms with van der Waals surface area (Å²) in [4.78, 5) is 34.0. The second-order valence-electron chi connectivity index (χ2n) is 7.91. The topological polar surface area (TPSA) is 49.9 Å². The molecule has 0 bridgehead atoms. The predicted molar refractivity (Wildman–Crippen MR) is 113 cm³/mol. The molecule has 0 saturated carbocycles. The van der Waals surface area contributed by atoms with Crippen molar-refractivity contribution in [1.29, 1.82) is 0 Å². The van der Waals surface area contributed by atoms with E-state index in [9.17, 15) is 14.0 Å². The summed E-state index contributed by atoms with van der Waals surface area (Å²) in [5.74, 6) is -1.69. The largest absolute Gasteiger partial charge is 0.275 e. The SMILES string of the molecule is Cc1ccccc1N1O[C@@H]2C(=O)N(Cc3ccccc3)C(=O)[C@@H]2[C@H]1c1ccc(F)cc1. The number of hydrogen-bond donors (Lipinski definition) is 0. The summed E-state index contributed by atoms with van der Waals surface area (Å²) in [6.07, 6.45) is -0.911. The Kier molecular flexibility index (Phi) is 4.79. The highest BCUT2D eigenvalue weighted by atomic mass is 19.1. The number of halogens is 1. The van der Waals surface area contributed by atoms with Gasteiger partial charge in [0.2, 0.25) is 5.91 Å². The van der Waals surface area contributed by atoms with Crippen LogP contribution in [-0.2, 0) is 21.0 Å². The minimum Gasteiger partial charge on any atom is -0.275 e. The van der Waals surface area contributed by atoms with E-state index >= 15 is 0 Å². The molecule has 5 nitrogen and oxygen atoms in total. The molecule has 2 heterocycles. The molecule has 3 atom stereocenters. The maximum atomic E-state index is 13.6. The third-order valence-corrected chi connectivity index (χ3v) is 5.95. The van der Waals surface area contributed by atoms with Gasteiger partial charge in [-0.3, -0.25) is 19.3 Å². The van der Waals surface area contributed by atoms with Crippen LogP contribution in [0.1, 0.15) is 22.7 Å². The standard InChI is InChI=1S/C25H21FN2O3/c1-16-7-5-6-10-20(16)28-22(18-11-13-19(26)14-12-18)21-23(31-28)25(30)27(24(21)29)15-17-8-3-2-4-9-17/h2-14,21-23H,15H2,1H3/t21-,22-,23+/m1/s1. The van der Waals surface area contributed by atoms with E-state index in [1.165, 1.54) is 17.0 Å². The lowest BCUT2D eigenvalue weighted by molar-refractivity contribution is -0.143. The third-order valence-electron chi connectivity index (χ3n) is 5.95. The van der Waals surface area contributed by atoms with Gasteiger partial charge in [0.25, 0.3) is 5.91 Å². The molecular weight excluding hydrogens is 395 g/mol. The molecule has 3 aromatic rings. The fourth-order valence-electron chi connectivity index (χ4n) is 4.41. The highest BCUT2D eigenvalue weighted by Crippen LogP contribution is 2.47. The van der Waals surface area contributed by atoms with Crippen LogP contribution < -0.4 is 5.06 Å². The number of nitrogens with zero attached hydrogens (tertiary/aromatic N) is 2. The van der Waals surface area contributed by atoms with Crippen molar-refractivity contribution in [2.24, 2.45) is 5.92 Å². The highest BCUT2D eigenvalue weighted by molar-refractivity contribution is 6.07. The molecule has 0 unspecified atom stereocenters. The Morgan fingerprint density at radius 3 is 2.26 bits per heavy atom. The van der Waals surface area contributed by atoms with Gasteiger partial charge < -0.3 is 0 Å². The minimum absolute atomic E-state index is 0.204. The van der Waals surface area contributed by atoms with Crippen molar-refractivity contribution >= 4 is 17.5 Å². The summed E-state index contributed by atoms with van der Waals surface area (Å²) in [6.45, 7) is 2.15. The number of carbonyl (C=O) groups excluding carboxylic acids is 2. The molecule has 0 aliphatic carbocycles. The minimum atomic E-state index is -0.911. The smallest absolute Gasteiger partial charge is 0.262 e. The van der Waals surface area contributed by atoms with E-state index in [1.807, 2.05) is 61.5 Å². The first-order chi connectivity index (χ1) is 15.0. The van der Waals surface area contributed by atoms with Crippen LogP contribution in [0.15, 0.2) is 78.9 Å². The molecule has 2 aliphatic heterocycles. The van der Waals surface area contributed by atoms with Gasteiger partial charge in [-0.15, -0.1) is 0 Å². The molecule has 3 aromatic carbocycles. The molecule has 2 saturated heterocycles. The van der Waals surface area contributed by atoms with E-state index in [2.05, 4.69) is 0 Å². The van der Waals surface area contributed by atoms with Gasteiger partial charge in [-0.25, -0.2) is 9.45 Å². The number of amides is 2. The number of hydrogen-bond acceptors (Lipinski definition) is 4. The van der Waals surface area contributed by atoms with Gasteiger partial charge in [-0.1, -0.05) is 60.7 Å². The highest BCUT2D eigenvalue weighted by Gasteiger charge is 2.59. The van der Waals surface area contributed by atoms with Gasteiger partial charge in [0.05, 0.1) is 18.3 Å². The molecular formula is C25H21FN2O3. The van der Waals surface area contributed by atoms with Gasteiger partial charge in [0.15, 0.2) is 6.10 Å². The fraction of sp³-hybridized carbons (Fsp3) is 0.200. The summed E-state index contributed by atoms with van der Waals surface area (Å²) in [5, 5.41) is 1.65. The van der Waals surface area contributed by atoms with E-state index in [0.717, 1.165) is 22.4 Å². The lowest BCUT2D eigenvalue weighted by atomic mass is 9.90. The summed E-state index contributed by atoms with van der Waals surface area (Å²) in [6, 6.07) is 22.5. The molecule has 0 N–H and O–H groups in total. The van der Waals surface area contributed by atoms with Crippen molar-refractivity contribution in [3.8, 4) is 0 Å². The maximum Gasteiger partial charge on any atom is 0.262 e. The zero-order chi connectivity index (χ0) is 21.5. The summed E-state index contributed by atoms with van der Waals surface area (Å²) >= 11 is 0. The molecule has 2 aliphatic rings. The molecule has 5 rings (SSSR count). The molecule has 2 amide bonds. The molecule has 6 heteroatoms. The Bertz CT molecular complexity index is 1130.